The molecule has 0 spiro atoms. The van der Waals surface area contributed by atoms with Crippen LogP contribution in [0.25, 0.3) is 0 Å². The lowest BCUT2D eigenvalue weighted by molar-refractivity contribution is -0.122. The van der Waals surface area contributed by atoms with E-state index in [0.29, 0.717) is 42.9 Å². The summed E-state index contributed by atoms with van der Waals surface area (Å²) in [6.45, 7) is 4.94. The number of nitrogens with one attached hydrogen (secondary N) is 1. The molecule has 3 amide bonds. The van der Waals surface area contributed by atoms with E-state index in [1.807, 2.05) is 42.5 Å². The number of nitrogens with zero attached hydrogens (tertiary/aromatic N) is 3. The van der Waals surface area contributed by atoms with E-state index in [2.05, 4.69) is 10.2 Å². The molecule has 0 radical (unpaired) electrons. The van der Waals surface area contributed by atoms with E-state index in [1.165, 1.54) is 38.8 Å². The van der Waals surface area contributed by atoms with E-state index in [9.17, 15) is 14.4 Å². The summed E-state index contributed by atoms with van der Waals surface area (Å²) in [6, 6.07) is 14.4. The summed E-state index contributed by atoms with van der Waals surface area (Å²) in [6.07, 6.45) is 7.67. The highest BCUT2D eigenvalue weighted by molar-refractivity contribution is 6.11. The van der Waals surface area contributed by atoms with Crippen LogP contribution in [0.15, 0.2) is 48.5 Å². The van der Waals surface area contributed by atoms with Gasteiger partial charge in [0.25, 0.3) is 11.8 Å². The van der Waals surface area contributed by atoms with Crippen molar-refractivity contribution in [1.29, 1.82) is 0 Å². The molecule has 3 heterocycles. The molecule has 2 fully saturated rings. The monoisotopic (exact) mass is 488 g/mol. The fourth-order valence-electron chi connectivity index (χ4n) is 5.73. The fraction of sp³-hybridized carbons (Fsp3) is 0.483. The molecular weight excluding hydrogens is 452 g/mol. The van der Waals surface area contributed by atoms with Gasteiger partial charge < -0.3 is 20.0 Å². The van der Waals surface area contributed by atoms with Gasteiger partial charge in [-0.2, -0.15) is 0 Å². The minimum Gasteiger partial charge on any atom is -0.352 e. The first-order chi connectivity index (χ1) is 17.6. The minimum absolute atomic E-state index is 0.0471. The average Bonchev–Trinajstić information content (AvgIpc) is 3.22. The first kappa shape index (κ1) is 24.5. The Kier molecular flexibility index (Phi) is 7.66. The van der Waals surface area contributed by atoms with Crippen molar-refractivity contribution in [3.63, 3.8) is 0 Å². The molecule has 36 heavy (non-hydrogen) atoms. The van der Waals surface area contributed by atoms with Gasteiger partial charge in [0, 0.05) is 18.7 Å². The molecule has 190 valence electrons. The van der Waals surface area contributed by atoms with Gasteiger partial charge in [-0.3, -0.25) is 14.4 Å². The number of hydrogen-bond acceptors (Lipinski definition) is 4. The third-order valence-corrected chi connectivity index (χ3v) is 7.66. The summed E-state index contributed by atoms with van der Waals surface area (Å²) in [4.78, 5) is 45.5. The number of fused-ring (bicyclic) bond motifs is 2. The van der Waals surface area contributed by atoms with E-state index in [-0.39, 0.29) is 17.7 Å². The van der Waals surface area contributed by atoms with Crippen LogP contribution in [0.4, 0.5) is 5.69 Å². The zero-order chi connectivity index (χ0) is 24.9. The second kappa shape index (κ2) is 11.2. The zero-order valence-electron chi connectivity index (χ0n) is 21.0. The maximum Gasteiger partial charge on any atom is 0.256 e. The lowest BCUT2D eigenvalue weighted by Gasteiger charge is -2.26. The van der Waals surface area contributed by atoms with Crippen molar-refractivity contribution >= 4 is 23.4 Å². The van der Waals surface area contributed by atoms with Crippen molar-refractivity contribution in [3.05, 3.63) is 65.2 Å². The first-order valence-corrected chi connectivity index (χ1v) is 13.4. The van der Waals surface area contributed by atoms with Gasteiger partial charge in [0.15, 0.2) is 0 Å². The van der Waals surface area contributed by atoms with Gasteiger partial charge in [-0.1, -0.05) is 37.1 Å². The minimum atomic E-state index is -0.416. The Labute approximate surface area is 213 Å². The highest BCUT2D eigenvalue weighted by Gasteiger charge is 2.41. The van der Waals surface area contributed by atoms with Gasteiger partial charge in [0.05, 0.1) is 17.8 Å². The van der Waals surface area contributed by atoms with E-state index in [0.717, 1.165) is 24.9 Å². The molecule has 5 rings (SSSR count). The van der Waals surface area contributed by atoms with Crippen LogP contribution in [0.2, 0.25) is 0 Å². The molecule has 3 aliphatic rings. The Morgan fingerprint density at radius 3 is 2.56 bits per heavy atom. The molecule has 1 unspecified atom stereocenters. The largest absolute Gasteiger partial charge is 0.352 e. The van der Waals surface area contributed by atoms with E-state index in [4.69, 9.17) is 0 Å². The van der Waals surface area contributed by atoms with Gasteiger partial charge in [0.2, 0.25) is 5.91 Å². The van der Waals surface area contributed by atoms with Gasteiger partial charge >= 0.3 is 0 Å². The number of benzene rings is 2. The maximum atomic E-state index is 13.5. The molecule has 0 saturated carbocycles. The van der Waals surface area contributed by atoms with E-state index >= 15 is 0 Å². The van der Waals surface area contributed by atoms with E-state index < -0.39 is 6.04 Å². The molecule has 2 aromatic carbocycles. The van der Waals surface area contributed by atoms with Gasteiger partial charge in [-0.25, -0.2) is 0 Å². The zero-order valence-corrected chi connectivity index (χ0v) is 21.0. The number of para-hydroxylation sites is 1. The molecule has 1 N–H and O–H groups in total. The molecule has 1 atom stereocenters. The van der Waals surface area contributed by atoms with Crippen LogP contribution >= 0.6 is 0 Å². The van der Waals surface area contributed by atoms with Gasteiger partial charge in [-0.15, -0.1) is 0 Å². The predicted molar refractivity (Wildman–Crippen MR) is 140 cm³/mol. The van der Waals surface area contributed by atoms with Crippen molar-refractivity contribution in [2.24, 2.45) is 0 Å². The van der Waals surface area contributed by atoms with Crippen molar-refractivity contribution < 1.29 is 14.4 Å². The summed E-state index contributed by atoms with van der Waals surface area (Å²) in [5.41, 5.74) is 2.67. The maximum absolute atomic E-state index is 13.5. The number of hydrogen-bond donors (Lipinski definition) is 1. The Bertz CT molecular complexity index is 1110. The molecule has 0 aromatic heterocycles. The molecule has 7 nitrogen and oxygen atoms in total. The SMILES string of the molecule is O=C(NCCCN1CCCCCC1)c1cccc(CN2C(=O)C3CCCN3C(=O)c3ccccc32)c1. The number of anilines is 1. The smallest absolute Gasteiger partial charge is 0.256 e. The lowest BCUT2D eigenvalue weighted by atomic mass is 10.1. The number of carbonyl (C=O) groups is 3. The molecule has 0 aliphatic carbocycles. The Balaban J connectivity index is 1.25. The van der Waals surface area contributed by atoms with Crippen LogP contribution in [-0.4, -0.2) is 66.3 Å². The Morgan fingerprint density at radius 2 is 1.72 bits per heavy atom. The number of likely N-dealkylation sites (tertiary alicyclic amines) is 1. The van der Waals surface area contributed by atoms with Crippen LogP contribution in [-0.2, 0) is 11.3 Å². The molecule has 3 aliphatic heterocycles. The predicted octanol–water partition coefficient (Wildman–Crippen LogP) is 3.83. The van der Waals surface area contributed by atoms with Crippen LogP contribution < -0.4 is 10.2 Å². The average molecular weight is 489 g/mol. The van der Waals surface area contributed by atoms with Crippen molar-refractivity contribution in [1.82, 2.24) is 15.1 Å². The highest BCUT2D eigenvalue weighted by Crippen LogP contribution is 2.33. The van der Waals surface area contributed by atoms with Crippen LogP contribution in [0.3, 0.4) is 0 Å². The molecule has 2 saturated heterocycles. The first-order valence-electron chi connectivity index (χ1n) is 13.4. The molecule has 7 heteroatoms. The summed E-state index contributed by atoms with van der Waals surface area (Å²) >= 11 is 0. The van der Waals surface area contributed by atoms with Gasteiger partial charge in [0.1, 0.15) is 6.04 Å². The second-order valence-electron chi connectivity index (χ2n) is 10.2. The van der Waals surface area contributed by atoms with Crippen molar-refractivity contribution in [2.75, 3.05) is 37.6 Å². The third-order valence-electron chi connectivity index (χ3n) is 7.66. The summed E-state index contributed by atoms with van der Waals surface area (Å²) in [5, 5.41) is 3.06. The summed E-state index contributed by atoms with van der Waals surface area (Å²) in [7, 11) is 0. The number of rotatable bonds is 7. The van der Waals surface area contributed by atoms with Crippen LogP contribution in [0, 0.1) is 0 Å². The van der Waals surface area contributed by atoms with Crippen LogP contribution in [0.5, 0.6) is 0 Å². The topological polar surface area (TPSA) is 73.0 Å². The second-order valence-corrected chi connectivity index (χ2v) is 10.2. The molecule has 0 bridgehead atoms. The molecule has 2 aromatic rings. The normalized spacial score (nSPS) is 20.5. The van der Waals surface area contributed by atoms with Crippen molar-refractivity contribution in [2.45, 2.75) is 57.5 Å². The standard InChI is InChI=1S/C29H36N4O3/c34-27(30-15-9-18-31-16-5-1-2-6-17-31)23-11-7-10-22(20-23)21-33-25-13-4-3-12-24(25)28(35)32-19-8-14-26(32)29(33)36/h3-4,7,10-13,20,26H,1-2,5-6,8-9,14-19,21H2,(H,30,34). The summed E-state index contributed by atoms with van der Waals surface area (Å²) < 4.78 is 0. The number of carbonyl (C=O) groups excluding carboxylic acids is 3. The van der Waals surface area contributed by atoms with E-state index in [1.54, 1.807) is 15.9 Å². The third kappa shape index (κ3) is 5.31. The highest BCUT2D eigenvalue weighted by atomic mass is 16.2. The van der Waals surface area contributed by atoms with Crippen LogP contribution in [0.1, 0.15) is 71.2 Å². The summed E-state index contributed by atoms with van der Waals surface area (Å²) in [5.74, 6) is -0.209. The van der Waals surface area contributed by atoms with Gasteiger partial charge in [-0.05, 0) is 81.6 Å². The lowest BCUT2D eigenvalue weighted by Crippen LogP contribution is -2.44. The quantitative estimate of drug-likeness (QED) is 0.601. The number of amides is 3. The van der Waals surface area contributed by atoms with Crippen molar-refractivity contribution in [3.8, 4) is 0 Å². The molecular formula is C29H36N4O3. The Hall–Kier alpha value is -3.19. The Morgan fingerprint density at radius 1 is 0.917 bits per heavy atom. The fourth-order valence-corrected chi connectivity index (χ4v) is 5.73.